The van der Waals surface area contributed by atoms with E-state index < -0.39 is 17.4 Å². The van der Waals surface area contributed by atoms with Gasteiger partial charge in [-0.15, -0.1) is 5.10 Å². The van der Waals surface area contributed by atoms with E-state index >= 15 is 4.39 Å². The third-order valence-electron chi connectivity index (χ3n) is 7.26. The molecule has 0 bridgehead atoms. The van der Waals surface area contributed by atoms with Crippen molar-refractivity contribution in [2.45, 2.75) is 32.6 Å². The zero-order chi connectivity index (χ0) is 31.4. The smallest absolute Gasteiger partial charge is 0.348 e. The number of rotatable bonds is 12. The Balaban J connectivity index is 1.55. The molecule has 4 N–H and O–H groups in total. The van der Waals surface area contributed by atoms with Gasteiger partial charge in [-0.3, -0.25) is 4.98 Å². The molecule has 0 saturated carbocycles. The number of hydrogen-bond acceptors (Lipinski definition) is 9. The Kier molecular flexibility index (Phi) is 9.00. The summed E-state index contributed by atoms with van der Waals surface area (Å²) in [5.41, 5.74) is 9.07. The number of benzene rings is 3. The average molecular weight is 599 g/mol. The molecule has 0 aliphatic rings. The molecule has 3 aromatic carbocycles. The van der Waals surface area contributed by atoms with Gasteiger partial charge < -0.3 is 25.3 Å². The van der Waals surface area contributed by atoms with Crippen molar-refractivity contribution in [1.82, 2.24) is 29.8 Å². The number of aromatic nitrogens is 5. The summed E-state index contributed by atoms with van der Waals surface area (Å²) >= 11 is 0. The third kappa shape index (κ3) is 6.60. The van der Waals surface area contributed by atoms with E-state index in [0.717, 1.165) is 11.1 Å². The second-order valence-electron chi connectivity index (χ2n) is 10.7. The van der Waals surface area contributed by atoms with Gasteiger partial charge in [0, 0.05) is 36.7 Å². The van der Waals surface area contributed by atoms with E-state index in [0.29, 0.717) is 48.2 Å². The molecule has 0 amide bonds. The van der Waals surface area contributed by atoms with Crippen LogP contribution in [0.1, 0.15) is 47.7 Å². The molecular formula is C32H35FN8O3. The summed E-state index contributed by atoms with van der Waals surface area (Å²) in [5.74, 6) is -0.159. The number of hydrogen-bond donors (Lipinski definition) is 3. The van der Waals surface area contributed by atoms with Gasteiger partial charge in [-0.2, -0.15) is 9.67 Å². The van der Waals surface area contributed by atoms with E-state index in [1.165, 1.54) is 4.68 Å². The lowest BCUT2D eigenvalue weighted by Gasteiger charge is -2.20. The number of nitrogen functional groups attached to an aromatic ring is 1. The average Bonchev–Trinajstić information content (AvgIpc) is 3.62. The Bertz CT molecular complexity index is 1820. The highest BCUT2D eigenvalue weighted by Crippen LogP contribution is 2.35. The molecule has 0 aliphatic heterocycles. The number of aromatic amines is 1. The van der Waals surface area contributed by atoms with Crippen molar-refractivity contribution in [3.63, 3.8) is 0 Å². The summed E-state index contributed by atoms with van der Waals surface area (Å²) < 4.78 is 28.4. The maximum Gasteiger partial charge on any atom is 0.348 e. The van der Waals surface area contributed by atoms with Crippen LogP contribution < -0.4 is 16.2 Å². The number of anilines is 1. The topological polar surface area (TPSA) is 152 Å². The molecule has 1 unspecified atom stereocenters. The monoisotopic (exact) mass is 598 g/mol. The van der Waals surface area contributed by atoms with E-state index in [9.17, 15) is 4.79 Å². The van der Waals surface area contributed by atoms with Gasteiger partial charge in [0.25, 0.3) is 0 Å². The van der Waals surface area contributed by atoms with Crippen molar-refractivity contribution in [1.29, 1.82) is 5.41 Å². The van der Waals surface area contributed by atoms with Crippen molar-refractivity contribution < 1.29 is 13.7 Å². The van der Waals surface area contributed by atoms with E-state index in [2.05, 4.69) is 20.2 Å². The van der Waals surface area contributed by atoms with Crippen LogP contribution in [0.3, 0.4) is 0 Å². The first-order valence-corrected chi connectivity index (χ1v) is 14.3. The minimum absolute atomic E-state index is 0.0408. The number of nitrogens with zero attached hydrogens (tertiary/aromatic N) is 5. The number of nitrogens with one attached hydrogen (secondary N) is 2. The predicted molar refractivity (Wildman–Crippen MR) is 166 cm³/mol. The van der Waals surface area contributed by atoms with Crippen molar-refractivity contribution in [2.75, 3.05) is 33.0 Å². The number of halogens is 1. The molecule has 5 aromatic rings. The Hall–Kier alpha value is -5.10. The van der Waals surface area contributed by atoms with Gasteiger partial charge in [0.1, 0.15) is 12.4 Å². The molecule has 228 valence electrons. The minimum atomic E-state index is -0.816. The molecule has 0 aliphatic carbocycles. The Morgan fingerprint density at radius 2 is 1.93 bits per heavy atom. The first-order chi connectivity index (χ1) is 21.1. The van der Waals surface area contributed by atoms with Crippen LogP contribution in [0.2, 0.25) is 0 Å². The van der Waals surface area contributed by atoms with Crippen LogP contribution in [0, 0.1) is 18.2 Å². The summed E-state index contributed by atoms with van der Waals surface area (Å²) in [7, 11) is 3.83. The predicted octanol–water partition coefficient (Wildman–Crippen LogP) is 4.73. The second kappa shape index (κ2) is 13.0. The maximum absolute atomic E-state index is 16.3. The molecule has 12 heteroatoms. The van der Waals surface area contributed by atoms with Gasteiger partial charge in [-0.1, -0.05) is 54.5 Å². The molecular weight excluding hydrogens is 563 g/mol. The summed E-state index contributed by atoms with van der Waals surface area (Å²) in [6.07, 6.45) is 0.670. The molecule has 1 atom stereocenters. The Morgan fingerprint density at radius 1 is 1.18 bits per heavy atom. The molecule has 0 saturated heterocycles. The van der Waals surface area contributed by atoms with Crippen molar-refractivity contribution in [3.8, 4) is 22.8 Å². The largest absolute Gasteiger partial charge is 0.489 e. The van der Waals surface area contributed by atoms with Gasteiger partial charge in [0.15, 0.2) is 11.6 Å². The first kappa shape index (κ1) is 30.4. The van der Waals surface area contributed by atoms with E-state index in [1.807, 2.05) is 25.9 Å². The number of aryl methyl sites for hydroxylation is 2. The SMILES string of the molecule is CCc1cc(OCCN(C)C)c(F)c(C(CC(=N)c2ccc(-c3noc(C)n3)cc2)c2nn(-c3ccccc3N)c(=O)[nH]2)c1. The van der Waals surface area contributed by atoms with Crippen molar-refractivity contribution in [3.05, 3.63) is 105 Å². The minimum Gasteiger partial charge on any atom is -0.489 e. The summed E-state index contributed by atoms with van der Waals surface area (Å²) in [6.45, 7) is 4.58. The van der Waals surface area contributed by atoms with Gasteiger partial charge in [-0.25, -0.2) is 9.18 Å². The fourth-order valence-corrected chi connectivity index (χ4v) is 4.83. The lowest BCUT2D eigenvalue weighted by Crippen LogP contribution is -2.20. The molecule has 44 heavy (non-hydrogen) atoms. The lowest BCUT2D eigenvalue weighted by molar-refractivity contribution is 0.251. The van der Waals surface area contributed by atoms with Crippen molar-refractivity contribution in [2.24, 2.45) is 0 Å². The highest BCUT2D eigenvalue weighted by Gasteiger charge is 2.28. The summed E-state index contributed by atoms with van der Waals surface area (Å²) in [5, 5.41) is 17.5. The molecule has 2 heterocycles. The maximum atomic E-state index is 16.3. The Labute approximate surface area is 254 Å². The van der Waals surface area contributed by atoms with Crippen molar-refractivity contribution >= 4 is 11.4 Å². The normalized spacial score (nSPS) is 12.0. The highest BCUT2D eigenvalue weighted by atomic mass is 19.1. The third-order valence-corrected chi connectivity index (χ3v) is 7.26. The summed E-state index contributed by atoms with van der Waals surface area (Å²) in [6, 6.07) is 17.5. The number of H-pyrrole nitrogens is 1. The van der Waals surface area contributed by atoms with Gasteiger partial charge in [-0.05, 0) is 49.8 Å². The molecule has 5 rings (SSSR count). The Morgan fingerprint density at radius 3 is 2.59 bits per heavy atom. The molecule has 0 fully saturated rings. The second-order valence-corrected chi connectivity index (χ2v) is 10.7. The van der Waals surface area contributed by atoms with Crippen LogP contribution in [0.25, 0.3) is 17.1 Å². The van der Waals surface area contributed by atoms with Gasteiger partial charge >= 0.3 is 5.69 Å². The van der Waals surface area contributed by atoms with Crippen LogP contribution in [0.4, 0.5) is 10.1 Å². The van der Waals surface area contributed by atoms with Crippen LogP contribution in [0.5, 0.6) is 5.75 Å². The number of nitrogens with two attached hydrogens (primary N) is 1. The van der Waals surface area contributed by atoms with Crippen LogP contribution in [0.15, 0.2) is 70.0 Å². The first-order valence-electron chi connectivity index (χ1n) is 14.3. The lowest BCUT2D eigenvalue weighted by atomic mass is 9.88. The van der Waals surface area contributed by atoms with E-state index in [4.69, 9.17) is 20.4 Å². The number of likely N-dealkylation sites (N-methyl/N-ethyl adjacent to an activating group) is 1. The molecule has 11 nitrogen and oxygen atoms in total. The number of para-hydroxylation sites is 2. The zero-order valence-corrected chi connectivity index (χ0v) is 25.1. The standard InChI is InChI=1S/C32H35FN8O3/c1-5-20-16-23(29(33)28(17-20)43-15-14-40(3)4)24(31-37-32(42)41(38-31)27-9-7-6-8-25(27)34)18-26(35)21-10-12-22(13-11-21)30-36-19(2)44-39-30/h6-13,16-17,24,35H,5,14-15,18,34H2,1-4H3,(H,37,38,42). The van der Waals surface area contributed by atoms with Gasteiger partial charge in [0.2, 0.25) is 11.7 Å². The molecule has 0 radical (unpaired) electrons. The highest BCUT2D eigenvalue weighted by molar-refractivity contribution is 5.99. The van der Waals surface area contributed by atoms with E-state index in [-0.39, 0.29) is 29.3 Å². The zero-order valence-electron chi connectivity index (χ0n) is 25.1. The molecule has 2 aromatic heterocycles. The quantitative estimate of drug-likeness (QED) is 0.138. The van der Waals surface area contributed by atoms with Crippen LogP contribution in [-0.2, 0) is 6.42 Å². The van der Waals surface area contributed by atoms with Crippen LogP contribution in [-0.4, -0.2) is 62.8 Å². The fraction of sp³-hybridized carbons (Fsp3) is 0.281. The summed E-state index contributed by atoms with van der Waals surface area (Å²) in [4.78, 5) is 22.1. The van der Waals surface area contributed by atoms with Crippen LogP contribution >= 0.6 is 0 Å². The number of ether oxygens (including phenoxy) is 1. The van der Waals surface area contributed by atoms with Gasteiger partial charge in [0.05, 0.1) is 17.3 Å². The van der Waals surface area contributed by atoms with E-state index in [1.54, 1.807) is 67.6 Å². The molecule has 0 spiro atoms. The fourth-order valence-electron chi connectivity index (χ4n) is 4.83.